The van der Waals surface area contributed by atoms with Gasteiger partial charge in [0.1, 0.15) is 5.01 Å². The Morgan fingerprint density at radius 2 is 2.29 bits per heavy atom. The monoisotopic (exact) mass is 364 g/mol. The molecule has 0 aromatic carbocycles. The highest BCUT2D eigenvalue weighted by Gasteiger charge is 2.55. The lowest BCUT2D eigenvalue weighted by molar-refractivity contribution is -0.149. The molecule has 2 aromatic heterocycles. The Balaban J connectivity index is 1.45. The molecule has 1 saturated carbocycles. The van der Waals surface area contributed by atoms with Gasteiger partial charge in [-0.3, -0.25) is 10.1 Å². The van der Waals surface area contributed by atoms with Crippen molar-refractivity contribution >= 4 is 39.8 Å². The summed E-state index contributed by atoms with van der Waals surface area (Å²) in [6.45, 7) is 0.767. The number of carboxylic acids is 1. The summed E-state index contributed by atoms with van der Waals surface area (Å²) in [7, 11) is 0. The van der Waals surface area contributed by atoms with Gasteiger partial charge in [0.25, 0.3) is 0 Å². The highest BCUT2D eigenvalue weighted by molar-refractivity contribution is 7.19. The zero-order valence-electron chi connectivity index (χ0n) is 12.8. The highest BCUT2D eigenvalue weighted by Crippen LogP contribution is 2.49. The lowest BCUT2D eigenvalue weighted by Gasteiger charge is -2.23. The summed E-state index contributed by atoms with van der Waals surface area (Å²) in [5.74, 6) is -0.729. The molecule has 1 saturated heterocycles. The van der Waals surface area contributed by atoms with Crippen LogP contribution in [-0.4, -0.2) is 45.3 Å². The van der Waals surface area contributed by atoms with Gasteiger partial charge in [0, 0.05) is 24.0 Å². The van der Waals surface area contributed by atoms with Crippen molar-refractivity contribution in [3.63, 3.8) is 0 Å². The van der Waals surface area contributed by atoms with E-state index in [1.807, 2.05) is 16.8 Å². The molecule has 1 aliphatic carbocycles. The van der Waals surface area contributed by atoms with E-state index in [1.54, 1.807) is 16.2 Å². The van der Waals surface area contributed by atoms with Crippen LogP contribution in [0.5, 0.6) is 0 Å². The minimum atomic E-state index is -0.782. The summed E-state index contributed by atoms with van der Waals surface area (Å²) in [4.78, 5) is 25.8. The quantitative estimate of drug-likeness (QED) is 0.873. The molecule has 2 fully saturated rings. The molecule has 2 amide bonds. The van der Waals surface area contributed by atoms with E-state index >= 15 is 0 Å². The SMILES string of the molecule is O=C(Nc1nnc(-c2ccsc2)s1)N1C[C@@H]2CCC[C@@]2(C(=O)O)C1. The van der Waals surface area contributed by atoms with Gasteiger partial charge in [-0.25, -0.2) is 4.79 Å². The number of likely N-dealkylation sites (tertiary alicyclic amines) is 1. The second-order valence-corrected chi connectivity index (χ2v) is 8.04. The number of carbonyl (C=O) groups is 2. The molecule has 7 nitrogen and oxygen atoms in total. The summed E-state index contributed by atoms with van der Waals surface area (Å²) < 4.78 is 0. The van der Waals surface area contributed by atoms with E-state index < -0.39 is 11.4 Å². The van der Waals surface area contributed by atoms with Crippen LogP contribution in [0.1, 0.15) is 19.3 Å². The summed E-state index contributed by atoms with van der Waals surface area (Å²) in [5.41, 5.74) is 0.221. The molecule has 2 N–H and O–H groups in total. The first-order chi connectivity index (χ1) is 11.6. The van der Waals surface area contributed by atoms with Crippen LogP contribution in [0.15, 0.2) is 16.8 Å². The van der Waals surface area contributed by atoms with Crippen molar-refractivity contribution < 1.29 is 14.7 Å². The third-order valence-corrected chi connectivity index (χ3v) is 6.56. The number of anilines is 1. The van der Waals surface area contributed by atoms with Crippen molar-refractivity contribution in [3.05, 3.63) is 16.8 Å². The average Bonchev–Trinajstić information content (AvgIpc) is 3.30. The fourth-order valence-electron chi connectivity index (χ4n) is 3.74. The predicted octanol–water partition coefficient (Wildman–Crippen LogP) is 2.99. The Morgan fingerprint density at radius 1 is 1.42 bits per heavy atom. The van der Waals surface area contributed by atoms with Gasteiger partial charge < -0.3 is 10.0 Å². The Bertz CT molecular complexity index is 776. The van der Waals surface area contributed by atoms with Crippen LogP contribution >= 0.6 is 22.7 Å². The number of amides is 2. The van der Waals surface area contributed by atoms with Crippen LogP contribution in [0.3, 0.4) is 0 Å². The molecule has 126 valence electrons. The molecular weight excluding hydrogens is 348 g/mol. The van der Waals surface area contributed by atoms with Gasteiger partial charge in [0.2, 0.25) is 5.13 Å². The smallest absolute Gasteiger partial charge is 0.323 e. The van der Waals surface area contributed by atoms with Gasteiger partial charge in [-0.15, -0.1) is 10.2 Å². The molecule has 4 rings (SSSR count). The molecule has 2 aliphatic rings. The van der Waals surface area contributed by atoms with E-state index in [0.29, 0.717) is 18.1 Å². The van der Waals surface area contributed by atoms with Gasteiger partial charge >= 0.3 is 12.0 Å². The van der Waals surface area contributed by atoms with Crippen molar-refractivity contribution in [1.29, 1.82) is 0 Å². The Hall–Kier alpha value is -2.00. The maximum absolute atomic E-state index is 12.5. The molecule has 0 bridgehead atoms. The number of hydrogen-bond donors (Lipinski definition) is 2. The molecule has 2 atom stereocenters. The first kappa shape index (κ1) is 15.5. The topological polar surface area (TPSA) is 95.4 Å². The number of nitrogens with zero attached hydrogens (tertiary/aromatic N) is 3. The van der Waals surface area contributed by atoms with Crippen LogP contribution in [-0.2, 0) is 4.79 Å². The molecule has 0 spiro atoms. The minimum Gasteiger partial charge on any atom is -0.481 e. The Labute approximate surface area is 146 Å². The van der Waals surface area contributed by atoms with Gasteiger partial charge in [0.15, 0.2) is 0 Å². The highest BCUT2D eigenvalue weighted by atomic mass is 32.1. The number of carbonyl (C=O) groups excluding carboxylic acids is 1. The third-order valence-electron chi connectivity index (χ3n) is 4.99. The van der Waals surface area contributed by atoms with Crippen LogP contribution in [0, 0.1) is 11.3 Å². The summed E-state index contributed by atoms with van der Waals surface area (Å²) in [5, 5.41) is 25.6. The van der Waals surface area contributed by atoms with E-state index in [4.69, 9.17) is 0 Å². The zero-order valence-corrected chi connectivity index (χ0v) is 14.4. The molecule has 0 radical (unpaired) electrons. The van der Waals surface area contributed by atoms with Crippen molar-refractivity contribution in [2.75, 3.05) is 18.4 Å². The first-order valence-electron chi connectivity index (χ1n) is 7.74. The lowest BCUT2D eigenvalue weighted by atomic mass is 9.81. The number of aliphatic carboxylic acids is 1. The molecule has 3 heterocycles. The van der Waals surface area contributed by atoms with Crippen LogP contribution in [0.25, 0.3) is 10.6 Å². The summed E-state index contributed by atoms with van der Waals surface area (Å²) in [6.07, 6.45) is 2.45. The van der Waals surface area contributed by atoms with Gasteiger partial charge in [-0.2, -0.15) is 11.3 Å². The van der Waals surface area contributed by atoms with E-state index in [-0.39, 0.29) is 18.5 Å². The third kappa shape index (κ3) is 2.48. The summed E-state index contributed by atoms with van der Waals surface area (Å²) >= 11 is 2.89. The molecule has 0 unspecified atom stereocenters. The maximum atomic E-state index is 12.5. The minimum absolute atomic E-state index is 0.0523. The Morgan fingerprint density at radius 3 is 3.00 bits per heavy atom. The van der Waals surface area contributed by atoms with E-state index in [1.165, 1.54) is 11.3 Å². The van der Waals surface area contributed by atoms with Gasteiger partial charge in [-0.1, -0.05) is 17.8 Å². The number of hydrogen-bond acceptors (Lipinski definition) is 6. The number of carboxylic acid groups (broad SMARTS) is 1. The number of urea groups is 1. The number of aromatic nitrogens is 2. The molecular formula is C15H16N4O3S2. The molecule has 9 heteroatoms. The van der Waals surface area contributed by atoms with E-state index in [2.05, 4.69) is 15.5 Å². The zero-order chi connectivity index (χ0) is 16.7. The first-order valence-corrected chi connectivity index (χ1v) is 9.50. The van der Waals surface area contributed by atoms with Crippen LogP contribution < -0.4 is 5.32 Å². The Kier molecular flexibility index (Phi) is 3.76. The fraction of sp³-hybridized carbons (Fsp3) is 0.467. The largest absolute Gasteiger partial charge is 0.481 e. The van der Waals surface area contributed by atoms with Crippen LogP contribution in [0.4, 0.5) is 9.93 Å². The predicted molar refractivity (Wildman–Crippen MR) is 91.2 cm³/mol. The van der Waals surface area contributed by atoms with Crippen LogP contribution in [0.2, 0.25) is 0 Å². The molecule has 1 aliphatic heterocycles. The van der Waals surface area contributed by atoms with Crippen molar-refractivity contribution in [3.8, 4) is 10.6 Å². The van der Waals surface area contributed by atoms with Gasteiger partial charge in [0.05, 0.1) is 5.41 Å². The number of fused-ring (bicyclic) bond motifs is 1. The van der Waals surface area contributed by atoms with Crippen molar-refractivity contribution in [1.82, 2.24) is 15.1 Å². The van der Waals surface area contributed by atoms with Crippen molar-refractivity contribution in [2.45, 2.75) is 19.3 Å². The number of rotatable bonds is 3. The maximum Gasteiger partial charge on any atom is 0.323 e. The summed E-state index contributed by atoms with van der Waals surface area (Å²) in [6, 6.07) is 1.66. The standard InChI is InChI=1S/C15H16N4O3S2/c20-12(21)15-4-1-2-10(15)6-19(8-15)14(22)16-13-18-17-11(24-13)9-3-5-23-7-9/h3,5,7,10H,1-2,4,6,8H2,(H,20,21)(H,16,18,22)/t10-,15+/m0/s1. The number of nitrogens with one attached hydrogen (secondary N) is 1. The van der Waals surface area contributed by atoms with E-state index in [0.717, 1.165) is 23.4 Å². The molecule has 24 heavy (non-hydrogen) atoms. The average molecular weight is 364 g/mol. The second-order valence-electron chi connectivity index (χ2n) is 6.29. The second kappa shape index (κ2) is 5.82. The van der Waals surface area contributed by atoms with Crippen molar-refractivity contribution in [2.24, 2.45) is 11.3 Å². The fourth-order valence-corrected chi connectivity index (χ4v) is 5.19. The normalized spacial score (nSPS) is 25.7. The molecule has 2 aromatic rings. The number of thiophene rings is 1. The van der Waals surface area contributed by atoms with Gasteiger partial charge in [-0.05, 0) is 30.2 Å². The van der Waals surface area contributed by atoms with E-state index in [9.17, 15) is 14.7 Å². The lowest BCUT2D eigenvalue weighted by Crippen LogP contribution is -2.38.